The average molecular weight is 309 g/mol. The highest BCUT2D eigenvalue weighted by Crippen LogP contribution is 2.19. The van der Waals surface area contributed by atoms with Gasteiger partial charge >= 0.3 is 0 Å². The first kappa shape index (κ1) is 17.3. The third-order valence-electron chi connectivity index (χ3n) is 4.35. The Kier molecular flexibility index (Phi) is 6.86. The monoisotopic (exact) mass is 309 g/mol. The maximum Gasteiger partial charge on any atom is 0.251 e. The lowest BCUT2D eigenvalue weighted by Crippen LogP contribution is -2.29. The lowest BCUT2D eigenvalue weighted by molar-refractivity contribution is 0.0946. The molecular formula is C21H27NO. The zero-order valence-electron chi connectivity index (χ0n) is 14.2. The van der Waals surface area contributed by atoms with Crippen LogP contribution in [-0.2, 0) is 0 Å². The lowest BCUT2D eigenvalue weighted by atomic mass is 9.99. The van der Waals surface area contributed by atoms with E-state index in [0.29, 0.717) is 5.92 Å². The zero-order chi connectivity index (χ0) is 16.5. The Hall–Kier alpha value is -2.09. The lowest BCUT2D eigenvalue weighted by Gasteiger charge is -2.15. The maximum absolute atomic E-state index is 12.3. The van der Waals surface area contributed by atoms with Gasteiger partial charge in [0.1, 0.15) is 0 Å². The molecule has 2 aromatic carbocycles. The van der Waals surface area contributed by atoms with Crippen LogP contribution in [0.25, 0.3) is 11.1 Å². The molecule has 122 valence electrons. The highest BCUT2D eigenvalue weighted by Gasteiger charge is 2.10. The minimum atomic E-state index is 0.0274. The number of nitrogens with one attached hydrogen (secondary N) is 1. The van der Waals surface area contributed by atoms with Crippen molar-refractivity contribution in [2.24, 2.45) is 5.92 Å². The van der Waals surface area contributed by atoms with E-state index in [-0.39, 0.29) is 5.91 Å². The molecule has 0 fully saturated rings. The van der Waals surface area contributed by atoms with E-state index in [9.17, 15) is 4.79 Å². The van der Waals surface area contributed by atoms with Crippen LogP contribution in [0.1, 0.15) is 49.9 Å². The van der Waals surface area contributed by atoms with Crippen molar-refractivity contribution >= 4 is 5.91 Å². The summed E-state index contributed by atoms with van der Waals surface area (Å²) >= 11 is 0. The minimum Gasteiger partial charge on any atom is -0.352 e. The van der Waals surface area contributed by atoms with Crippen molar-refractivity contribution in [3.63, 3.8) is 0 Å². The van der Waals surface area contributed by atoms with Crippen LogP contribution in [0.15, 0.2) is 54.6 Å². The van der Waals surface area contributed by atoms with Gasteiger partial charge < -0.3 is 5.32 Å². The van der Waals surface area contributed by atoms with Gasteiger partial charge in [-0.3, -0.25) is 4.79 Å². The second kappa shape index (κ2) is 9.14. The summed E-state index contributed by atoms with van der Waals surface area (Å²) in [6.45, 7) is 5.18. The van der Waals surface area contributed by atoms with Crippen LogP contribution >= 0.6 is 0 Å². The van der Waals surface area contributed by atoms with Gasteiger partial charge in [-0.25, -0.2) is 0 Å². The fraction of sp³-hybridized carbons (Fsp3) is 0.381. The standard InChI is InChI=1S/C21H27NO/c1-3-5-9-17(4-2)16-22-21(23)20-14-12-19(13-15-20)18-10-7-6-8-11-18/h6-8,10-15,17H,3-5,9,16H2,1-2H3,(H,22,23)/t17-/m1/s1. The second-order valence-corrected chi connectivity index (χ2v) is 6.07. The van der Waals surface area contributed by atoms with E-state index in [2.05, 4.69) is 31.3 Å². The summed E-state index contributed by atoms with van der Waals surface area (Å²) < 4.78 is 0. The SMILES string of the molecule is CCCC[C@@H](CC)CNC(=O)c1ccc(-c2ccccc2)cc1. The van der Waals surface area contributed by atoms with E-state index in [1.807, 2.05) is 42.5 Å². The Morgan fingerprint density at radius 3 is 2.22 bits per heavy atom. The van der Waals surface area contributed by atoms with Crippen LogP contribution in [-0.4, -0.2) is 12.5 Å². The third-order valence-corrected chi connectivity index (χ3v) is 4.35. The Labute approximate surface area is 139 Å². The Morgan fingerprint density at radius 1 is 0.957 bits per heavy atom. The third kappa shape index (κ3) is 5.24. The van der Waals surface area contributed by atoms with Crippen molar-refractivity contribution in [1.82, 2.24) is 5.32 Å². The Bertz CT molecular complexity index is 589. The molecule has 0 saturated carbocycles. The van der Waals surface area contributed by atoms with Crippen LogP contribution in [0.2, 0.25) is 0 Å². The van der Waals surface area contributed by atoms with Gasteiger partial charge in [-0.15, -0.1) is 0 Å². The first-order chi connectivity index (χ1) is 11.2. The predicted octanol–water partition coefficient (Wildman–Crippen LogP) is 5.30. The normalized spacial score (nSPS) is 11.9. The van der Waals surface area contributed by atoms with Gasteiger partial charge in [0, 0.05) is 12.1 Å². The van der Waals surface area contributed by atoms with E-state index in [4.69, 9.17) is 0 Å². The number of amides is 1. The molecule has 1 N–H and O–H groups in total. The number of carbonyl (C=O) groups excluding carboxylic acids is 1. The molecule has 1 amide bonds. The minimum absolute atomic E-state index is 0.0274. The number of benzene rings is 2. The molecule has 0 aliphatic heterocycles. The fourth-order valence-electron chi connectivity index (χ4n) is 2.73. The molecule has 2 aromatic rings. The van der Waals surface area contributed by atoms with E-state index in [1.54, 1.807) is 0 Å². The number of hydrogen-bond acceptors (Lipinski definition) is 1. The molecule has 0 aromatic heterocycles. The molecule has 0 radical (unpaired) electrons. The van der Waals surface area contributed by atoms with Gasteiger partial charge in [-0.1, -0.05) is 75.6 Å². The summed E-state index contributed by atoms with van der Waals surface area (Å²) in [4.78, 5) is 12.3. The molecule has 2 rings (SSSR count). The fourth-order valence-corrected chi connectivity index (χ4v) is 2.73. The maximum atomic E-state index is 12.3. The quantitative estimate of drug-likeness (QED) is 0.704. The Balaban J connectivity index is 1.92. The van der Waals surface area contributed by atoms with Gasteiger partial charge in [-0.05, 0) is 35.6 Å². The van der Waals surface area contributed by atoms with Crippen LogP contribution in [0.5, 0.6) is 0 Å². The van der Waals surface area contributed by atoms with Gasteiger partial charge in [0.05, 0.1) is 0 Å². The molecule has 0 aliphatic carbocycles. The summed E-state index contributed by atoms with van der Waals surface area (Å²) in [6, 6.07) is 18.1. The summed E-state index contributed by atoms with van der Waals surface area (Å²) in [5.41, 5.74) is 3.04. The first-order valence-electron chi connectivity index (χ1n) is 8.68. The molecule has 0 unspecified atom stereocenters. The van der Waals surface area contributed by atoms with E-state index in [0.717, 1.165) is 24.1 Å². The smallest absolute Gasteiger partial charge is 0.251 e. The molecule has 0 saturated heterocycles. The average Bonchev–Trinajstić information content (AvgIpc) is 2.62. The highest BCUT2D eigenvalue weighted by molar-refractivity contribution is 5.94. The molecule has 23 heavy (non-hydrogen) atoms. The summed E-state index contributed by atoms with van der Waals surface area (Å²) in [7, 11) is 0. The summed E-state index contributed by atoms with van der Waals surface area (Å²) in [5, 5.41) is 3.08. The van der Waals surface area contributed by atoms with Crippen molar-refractivity contribution in [1.29, 1.82) is 0 Å². The van der Waals surface area contributed by atoms with Gasteiger partial charge in [-0.2, -0.15) is 0 Å². The molecule has 0 heterocycles. The first-order valence-corrected chi connectivity index (χ1v) is 8.68. The molecule has 1 atom stereocenters. The Morgan fingerprint density at radius 2 is 1.61 bits per heavy atom. The number of rotatable bonds is 8. The van der Waals surface area contributed by atoms with Gasteiger partial charge in [0.15, 0.2) is 0 Å². The zero-order valence-corrected chi connectivity index (χ0v) is 14.2. The predicted molar refractivity (Wildman–Crippen MR) is 97.5 cm³/mol. The summed E-state index contributed by atoms with van der Waals surface area (Å²) in [6.07, 6.45) is 4.76. The van der Waals surface area contributed by atoms with Crippen molar-refractivity contribution in [3.05, 3.63) is 60.2 Å². The van der Waals surface area contributed by atoms with Crippen molar-refractivity contribution in [2.45, 2.75) is 39.5 Å². The summed E-state index contributed by atoms with van der Waals surface area (Å²) in [5.74, 6) is 0.613. The molecule has 2 nitrogen and oxygen atoms in total. The van der Waals surface area contributed by atoms with Crippen LogP contribution in [0.3, 0.4) is 0 Å². The molecule has 2 heteroatoms. The molecular weight excluding hydrogens is 282 g/mol. The van der Waals surface area contributed by atoms with Crippen LogP contribution in [0.4, 0.5) is 0 Å². The van der Waals surface area contributed by atoms with Crippen molar-refractivity contribution in [2.75, 3.05) is 6.54 Å². The van der Waals surface area contributed by atoms with Crippen LogP contribution in [0, 0.1) is 5.92 Å². The molecule has 0 bridgehead atoms. The molecule has 0 aliphatic rings. The van der Waals surface area contributed by atoms with Gasteiger partial charge in [0.2, 0.25) is 0 Å². The largest absolute Gasteiger partial charge is 0.352 e. The molecule has 0 spiro atoms. The highest BCUT2D eigenvalue weighted by atomic mass is 16.1. The van der Waals surface area contributed by atoms with E-state index < -0.39 is 0 Å². The topological polar surface area (TPSA) is 29.1 Å². The van der Waals surface area contributed by atoms with Crippen LogP contribution < -0.4 is 5.32 Å². The number of unbranched alkanes of at least 4 members (excludes halogenated alkanes) is 1. The van der Waals surface area contributed by atoms with Crippen molar-refractivity contribution < 1.29 is 4.79 Å². The second-order valence-electron chi connectivity index (χ2n) is 6.07. The van der Waals surface area contributed by atoms with E-state index >= 15 is 0 Å². The van der Waals surface area contributed by atoms with E-state index in [1.165, 1.54) is 24.8 Å². The van der Waals surface area contributed by atoms with Crippen molar-refractivity contribution in [3.8, 4) is 11.1 Å². The number of hydrogen-bond donors (Lipinski definition) is 1. The number of carbonyl (C=O) groups is 1. The van der Waals surface area contributed by atoms with Gasteiger partial charge in [0.25, 0.3) is 5.91 Å².